The van der Waals surface area contributed by atoms with Gasteiger partial charge >= 0.3 is 0 Å². The van der Waals surface area contributed by atoms with E-state index in [2.05, 4.69) is 0 Å². The first-order valence-electron chi connectivity index (χ1n) is 5.52. The number of rotatable bonds is 4. The van der Waals surface area contributed by atoms with Gasteiger partial charge in [0.05, 0.1) is 6.10 Å². The van der Waals surface area contributed by atoms with Crippen molar-refractivity contribution in [2.75, 3.05) is 20.2 Å². The zero-order valence-electron chi connectivity index (χ0n) is 9.95. The average Bonchev–Trinajstić information content (AvgIpc) is 2.61. The van der Waals surface area contributed by atoms with Gasteiger partial charge in [-0.15, -0.1) is 0 Å². The number of ether oxygens (including phenoxy) is 1. The predicted octanol–water partition coefficient (Wildman–Crippen LogP) is 0.751. The zero-order valence-corrected chi connectivity index (χ0v) is 9.95. The van der Waals surface area contributed by atoms with Crippen molar-refractivity contribution in [2.45, 2.75) is 44.8 Å². The number of carbonyl (C=O) groups excluding carboxylic acids is 1. The molecule has 1 heterocycles. The summed E-state index contributed by atoms with van der Waals surface area (Å²) < 4.78 is 5.22. The molecule has 0 aromatic heterocycles. The highest BCUT2D eigenvalue weighted by Crippen LogP contribution is 2.15. The molecule has 4 heteroatoms. The lowest BCUT2D eigenvalue weighted by molar-refractivity contribution is -0.130. The molecular formula is C11H22N2O2. The van der Waals surface area contributed by atoms with Gasteiger partial charge in [0.25, 0.3) is 0 Å². The maximum absolute atomic E-state index is 11.8. The summed E-state index contributed by atoms with van der Waals surface area (Å²) >= 11 is 0. The monoisotopic (exact) mass is 214 g/mol. The van der Waals surface area contributed by atoms with Crippen LogP contribution in [-0.2, 0) is 9.53 Å². The maximum atomic E-state index is 11.8. The third kappa shape index (κ3) is 4.18. The van der Waals surface area contributed by atoms with E-state index >= 15 is 0 Å². The Morgan fingerprint density at radius 1 is 1.60 bits per heavy atom. The van der Waals surface area contributed by atoms with Gasteiger partial charge in [-0.1, -0.05) is 0 Å². The number of hydrogen-bond acceptors (Lipinski definition) is 3. The second kappa shape index (κ2) is 4.94. The third-order valence-corrected chi connectivity index (χ3v) is 2.81. The summed E-state index contributed by atoms with van der Waals surface area (Å²) in [6.45, 7) is 5.45. The van der Waals surface area contributed by atoms with Crippen LogP contribution in [-0.4, -0.2) is 42.6 Å². The molecule has 0 saturated carbocycles. The molecule has 1 unspecified atom stereocenters. The van der Waals surface area contributed by atoms with Crippen molar-refractivity contribution in [3.8, 4) is 0 Å². The number of carbonyl (C=O) groups is 1. The van der Waals surface area contributed by atoms with Crippen molar-refractivity contribution in [1.29, 1.82) is 0 Å². The van der Waals surface area contributed by atoms with Crippen molar-refractivity contribution in [3.05, 3.63) is 0 Å². The Hall–Kier alpha value is -0.610. The minimum Gasteiger partial charge on any atom is -0.380 e. The smallest absolute Gasteiger partial charge is 0.222 e. The minimum absolute atomic E-state index is 0.202. The largest absolute Gasteiger partial charge is 0.380 e. The summed E-state index contributed by atoms with van der Waals surface area (Å²) in [5.41, 5.74) is 5.59. The van der Waals surface area contributed by atoms with Crippen LogP contribution in [0.4, 0.5) is 0 Å². The van der Waals surface area contributed by atoms with E-state index in [-0.39, 0.29) is 17.6 Å². The van der Waals surface area contributed by atoms with E-state index in [1.165, 1.54) is 0 Å². The Morgan fingerprint density at radius 3 is 2.73 bits per heavy atom. The predicted molar refractivity (Wildman–Crippen MR) is 59.5 cm³/mol. The van der Waals surface area contributed by atoms with Crippen LogP contribution in [0.2, 0.25) is 0 Å². The molecule has 2 N–H and O–H groups in total. The molecule has 1 rings (SSSR count). The molecule has 0 aromatic rings. The molecule has 1 aliphatic rings. The van der Waals surface area contributed by atoms with Crippen LogP contribution in [0.3, 0.4) is 0 Å². The zero-order chi connectivity index (χ0) is 11.5. The molecule has 88 valence electrons. The molecule has 1 amide bonds. The number of methoxy groups -OCH3 is 1. The second-order valence-electron chi connectivity index (χ2n) is 4.97. The Morgan fingerprint density at radius 2 is 2.27 bits per heavy atom. The van der Waals surface area contributed by atoms with Crippen LogP contribution in [0.15, 0.2) is 0 Å². The number of nitrogens with two attached hydrogens (primary N) is 1. The Balaban J connectivity index is 2.30. The van der Waals surface area contributed by atoms with Gasteiger partial charge in [-0.05, 0) is 26.7 Å². The topological polar surface area (TPSA) is 55.6 Å². The van der Waals surface area contributed by atoms with E-state index in [0.717, 1.165) is 25.9 Å². The van der Waals surface area contributed by atoms with Crippen molar-refractivity contribution in [1.82, 2.24) is 4.90 Å². The summed E-state index contributed by atoms with van der Waals surface area (Å²) in [5, 5.41) is 0. The fraction of sp³-hybridized carbons (Fsp3) is 0.909. The highest BCUT2D eigenvalue weighted by atomic mass is 16.5. The first-order valence-corrected chi connectivity index (χ1v) is 5.52. The van der Waals surface area contributed by atoms with Gasteiger partial charge in [-0.25, -0.2) is 0 Å². The van der Waals surface area contributed by atoms with Crippen LogP contribution in [0.5, 0.6) is 0 Å². The van der Waals surface area contributed by atoms with E-state index < -0.39 is 0 Å². The lowest BCUT2D eigenvalue weighted by atomic mass is 10.00. The van der Waals surface area contributed by atoms with Crippen molar-refractivity contribution >= 4 is 5.91 Å². The molecule has 1 atom stereocenters. The highest BCUT2D eigenvalue weighted by molar-refractivity contribution is 5.76. The molecule has 0 radical (unpaired) electrons. The van der Waals surface area contributed by atoms with Crippen LogP contribution in [0.25, 0.3) is 0 Å². The van der Waals surface area contributed by atoms with Crippen LogP contribution >= 0.6 is 0 Å². The number of likely N-dealkylation sites (tertiary alicyclic amines) is 1. The summed E-state index contributed by atoms with van der Waals surface area (Å²) in [6.07, 6.45) is 2.45. The van der Waals surface area contributed by atoms with Gasteiger partial charge in [0, 0.05) is 32.2 Å². The summed E-state index contributed by atoms with van der Waals surface area (Å²) in [7, 11) is 1.70. The number of hydrogen-bond donors (Lipinski definition) is 1. The first-order chi connectivity index (χ1) is 6.92. The maximum Gasteiger partial charge on any atom is 0.222 e. The van der Waals surface area contributed by atoms with Gasteiger partial charge in [0.15, 0.2) is 0 Å². The average molecular weight is 214 g/mol. The van der Waals surface area contributed by atoms with E-state index in [0.29, 0.717) is 6.42 Å². The molecule has 4 nitrogen and oxygen atoms in total. The van der Waals surface area contributed by atoms with Crippen LogP contribution in [0.1, 0.15) is 33.1 Å². The Kier molecular flexibility index (Phi) is 4.11. The Bertz CT molecular complexity index is 223. The molecule has 1 saturated heterocycles. The molecule has 0 aliphatic carbocycles. The Labute approximate surface area is 91.8 Å². The standard InChI is InChI=1S/C11H22N2O2/c1-11(2,12)6-4-10(14)13-7-5-9(8-13)15-3/h9H,4-8,12H2,1-3H3. The van der Waals surface area contributed by atoms with E-state index in [1.54, 1.807) is 7.11 Å². The van der Waals surface area contributed by atoms with Gasteiger partial charge in [0.1, 0.15) is 0 Å². The summed E-state index contributed by atoms with van der Waals surface area (Å²) in [4.78, 5) is 13.6. The fourth-order valence-corrected chi connectivity index (χ4v) is 1.73. The molecule has 1 fully saturated rings. The lowest BCUT2D eigenvalue weighted by Crippen LogP contribution is -2.36. The molecule has 0 spiro atoms. The van der Waals surface area contributed by atoms with E-state index in [1.807, 2.05) is 18.7 Å². The van der Waals surface area contributed by atoms with Crippen LogP contribution in [0, 0.1) is 0 Å². The molecule has 0 bridgehead atoms. The minimum atomic E-state index is -0.254. The number of nitrogens with zero attached hydrogens (tertiary/aromatic N) is 1. The third-order valence-electron chi connectivity index (χ3n) is 2.81. The van der Waals surface area contributed by atoms with Crippen LogP contribution < -0.4 is 5.73 Å². The first kappa shape index (κ1) is 12.5. The highest BCUT2D eigenvalue weighted by Gasteiger charge is 2.26. The van der Waals surface area contributed by atoms with Gasteiger partial charge in [-0.3, -0.25) is 4.79 Å². The van der Waals surface area contributed by atoms with Crippen molar-refractivity contribution in [2.24, 2.45) is 5.73 Å². The quantitative estimate of drug-likeness (QED) is 0.751. The molecule has 1 aliphatic heterocycles. The summed E-state index contributed by atoms with van der Waals surface area (Å²) in [5.74, 6) is 0.202. The van der Waals surface area contributed by atoms with Crippen molar-refractivity contribution in [3.63, 3.8) is 0 Å². The van der Waals surface area contributed by atoms with Gasteiger partial charge < -0.3 is 15.4 Å². The normalized spacial score (nSPS) is 22.1. The number of amides is 1. The fourth-order valence-electron chi connectivity index (χ4n) is 1.73. The summed E-state index contributed by atoms with van der Waals surface area (Å²) in [6, 6.07) is 0. The molecule has 0 aromatic carbocycles. The SMILES string of the molecule is COC1CCN(C(=O)CCC(C)(C)N)C1. The van der Waals surface area contributed by atoms with Gasteiger partial charge in [-0.2, -0.15) is 0 Å². The van der Waals surface area contributed by atoms with Crippen molar-refractivity contribution < 1.29 is 9.53 Å². The van der Waals surface area contributed by atoms with Gasteiger partial charge in [0.2, 0.25) is 5.91 Å². The molecule has 15 heavy (non-hydrogen) atoms. The lowest BCUT2D eigenvalue weighted by Gasteiger charge is -2.21. The van der Waals surface area contributed by atoms with E-state index in [9.17, 15) is 4.79 Å². The molecular weight excluding hydrogens is 192 g/mol. The van der Waals surface area contributed by atoms with E-state index in [4.69, 9.17) is 10.5 Å². The second-order valence-corrected chi connectivity index (χ2v) is 4.97.